The molecule has 0 atom stereocenters. The summed E-state index contributed by atoms with van der Waals surface area (Å²) in [5.74, 6) is 2.31. The highest BCUT2D eigenvalue weighted by molar-refractivity contribution is 7.99. The molecule has 0 aliphatic carbocycles. The highest BCUT2D eigenvalue weighted by Crippen LogP contribution is 2.43. The van der Waals surface area contributed by atoms with E-state index in [0.717, 1.165) is 16.8 Å². The first kappa shape index (κ1) is 31.4. The summed E-state index contributed by atoms with van der Waals surface area (Å²) in [4.78, 5) is 22.3. The molecule has 2 aromatic heterocycles. The third kappa shape index (κ3) is 7.03. The van der Waals surface area contributed by atoms with Crippen LogP contribution in [0.1, 0.15) is 12.0 Å². The Hall–Kier alpha value is -5.05. The number of nitrogens with one attached hydrogen (secondary N) is 1. The highest BCUT2D eigenvalue weighted by Gasteiger charge is 2.21. The lowest BCUT2D eigenvalue weighted by molar-refractivity contribution is -0.115. The number of nitriles is 1. The van der Waals surface area contributed by atoms with Gasteiger partial charge in [0.05, 0.1) is 45.4 Å². The maximum absolute atomic E-state index is 12.9. The number of amides is 1. The fourth-order valence-corrected chi connectivity index (χ4v) is 6.36. The average Bonchev–Trinajstić information content (AvgIpc) is 3.55. The van der Waals surface area contributed by atoms with Gasteiger partial charge in [-0.2, -0.15) is 5.26 Å². The fraction of sp³-hybridized carbons (Fsp3) is 0.176. The molecule has 0 aliphatic heterocycles. The van der Waals surface area contributed by atoms with E-state index >= 15 is 0 Å². The highest BCUT2D eigenvalue weighted by atomic mass is 32.2. The molecule has 11 heteroatoms. The van der Waals surface area contributed by atoms with Crippen LogP contribution in [-0.2, 0) is 4.79 Å². The van der Waals surface area contributed by atoms with Crippen LogP contribution in [0.5, 0.6) is 23.0 Å². The molecular weight excluding hydrogens is 609 g/mol. The maximum Gasteiger partial charge on any atom is 0.226 e. The van der Waals surface area contributed by atoms with Crippen LogP contribution >= 0.6 is 23.1 Å². The summed E-state index contributed by atoms with van der Waals surface area (Å²) in [6, 6.07) is 25.2. The van der Waals surface area contributed by atoms with E-state index < -0.39 is 0 Å². The quantitative estimate of drug-likeness (QED) is 0.138. The molecule has 1 N–H and O–H groups in total. The summed E-state index contributed by atoms with van der Waals surface area (Å²) in [6.07, 6.45) is 0.190. The first-order chi connectivity index (χ1) is 22.0. The van der Waals surface area contributed by atoms with Gasteiger partial charge in [0.15, 0.2) is 16.6 Å². The van der Waals surface area contributed by atoms with E-state index in [-0.39, 0.29) is 12.3 Å². The van der Waals surface area contributed by atoms with E-state index in [1.807, 2.05) is 78.2 Å². The van der Waals surface area contributed by atoms with E-state index in [2.05, 4.69) is 16.4 Å². The number of ether oxygens (including phenoxy) is 4. The molecule has 0 spiro atoms. The number of hydrogen-bond donors (Lipinski definition) is 1. The number of hydrogen-bond acceptors (Lipinski definition) is 10. The van der Waals surface area contributed by atoms with Gasteiger partial charge in [0.2, 0.25) is 11.7 Å². The summed E-state index contributed by atoms with van der Waals surface area (Å²) in [5, 5.41) is 16.1. The van der Waals surface area contributed by atoms with Gasteiger partial charge >= 0.3 is 0 Å². The Bertz CT molecular complexity index is 1830. The minimum absolute atomic E-state index is 0.189. The number of benzene rings is 3. The Morgan fingerprint density at radius 3 is 2.18 bits per heavy atom. The Kier molecular flexibility index (Phi) is 10.2. The lowest BCUT2D eigenvalue weighted by Gasteiger charge is -2.16. The van der Waals surface area contributed by atoms with E-state index in [4.69, 9.17) is 23.9 Å². The number of para-hydroxylation sites is 1. The number of thioether (sulfide) groups is 1. The van der Waals surface area contributed by atoms with Crippen molar-refractivity contribution in [2.45, 2.75) is 11.4 Å². The van der Waals surface area contributed by atoms with E-state index in [9.17, 15) is 10.1 Å². The lowest BCUT2D eigenvalue weighted by atomic mass is 9.98. The van der Waals surface area contributed by atoms with Crippen molar-refractivity contribution in [1.29, 1.82) is 5.26 Å². The number of aromatic nitrogens is 2. The maximum atomic E-state index is 12.9. The zero-order valence-electron chi connectivity index (χ0n) is 25.1. The van der Waals surface area contributed by atoms with Crippen molar-refractivity contribution in [3.05, 3.63) is 83.7 Å². The van der Waals surface area contributed by atoms with Crippen LogP contribution in [0, 0.1) is 11.3 Å². The van der Waals surface area contributed by atoms with Gasteiger partial charge in [-0.3, -0.25) is 4.79 Å². The predicted molar refractivity (Wildman–Crippen MR) is 178 cm³/mol. The van der Waals surface area contributed by atoms with Crippen LogP contribution in [0.2, 0.25) is 0 Å². The molecule has 2 heterocycles. The van der Waals surface area contributed by atoms with E-state index in [1.54, 1.807) is 28.4 Å². The molecule has 5 rings (SSSR count). The van der Waals surface area contributed by atoms with E-state index in [0.29, 0.717) is 61.3 Å². The second-order valence-electron chi connectivity index (χ2n) is 9.51. The first-order valence-corrected chi connectivity index (χ1v) is 15.7. The molecule has 0 saturated heterocycles. The van der Waals surface area contributed by atoms with Gasteiger partial charge in [-0.1, -0.05) is 42.5 Å². The summed E-state index contributed by atoms with van der Waals surface area (Å²) in [7, 11) is 6.25. The second kappa shape index (κ2) is 14.6. The van der Waals surface area contributed by atoms with Gasteiger partial charge in [0.1, 0.15) is 16.8 Å². The third-order valence-corrected chi connectivity index (χ3v) is 8.58. The van der Waals surface area contributed by atoms with Crippen LogP contribution in [0.15, 0.2) is 83.2 Å². The predicted octanol–water partition coefficient (Wildman–Crippen LogP) is 7.57. The van der Waals surface area contributed by atoms with Crippen molar-refractivity contribution >= 4 is 34.1 Å². The Balaban J connectivity index is 1.40. The van der Waals surface area contributed by atoms with Gasteiger partial charge < -0.3 is 24.3 Å². The fourth-order valence-electron chi connectivity index (χ4n) is 4.69. The number of anilines is 1. The topological polar surface area (TPSA) is 116 Å². The molecule has 1 amide bonds. The molecule has 0 radical (unpaired) electrons. The van der Waals surface area contributed by atoms with Crippen molar-refractivity contribution in [1.82, 2.24) is 9.97 Å². The van der Waals surface area contributed by atoms with Crippen molar-refractivity contribution in [2.24, 2.45) is 0 Å². The largest absolute Gasteiger partial charge is 0.496 e. The molecule has 3 aromatic carbocycles. The van der Waals surface area contributed by atoms with Crippen molar-refractivity contribution in [3.8, 4) is 62.7 Å². The molecule has 0 fully saturated rings. The first-order valence-electron chi connectivity index (χ1n) is 13.8. The Morgan fingerprint density at radius 1 is 0.822 bits per heavy atom. The van der Waals surface area contributed by atoms with Crippen LogP contribution in [-0.4, -0.2) is 50.1 Å². The smallest absolute Gasteiger partial charge is 0.226 e. The van der Waals surface area contributed by atoms with Gasteiger partial charge in [0, 0.05) is 34.2 Å². The summed E-state index contributed by atoms with van der Waals surface area (Å²) >= 11 is 2.69. The molecule has 0 bridgehead atoms. The molecular formula is C34H30N4O5S2. The van der Waals surface area contributed by atoms with Crippen molar-refractivity contribution in [3.63, 3.8) is 0 Å². The number of rotatable bonds is 12. The second-order valence-corrected chi connectivity index (χ2v) is 11.5. The minimum atomic E-state index is -0.189. The molecule has 45 heavy (non-hydrogen) atoms. The molecule has 5 aromatic rings. The number of thiazole rings is 1. The monoisotopic (exact) mass is 638 g/mol. The average molecular weight is 639 g/mol. The van der Waals surface area contributed by atoms with Crippen molar-refractivity contribution in [2.75, 3.05) is 39.5 Å². The van der Waals surface area contributed by atoms with Crippen LogP contribution in [0.4, 0.5) is 5.13 Å². The Labute approximate surface area is 269 Å². The molecule has 228 valence electrons. The number of nitrogens with zero attached hydrogens (tertiary/aromatic N) is 3. The zero-order chi connectivity index (χ0) is 31.8. The number of carbonyl (C=O) groups excluding carboxylic acids is 1. The molecule has 0 aliphatic rings. The van der Waals surface area contributed by atoms with Gasteiger partial charge in [-0.05, 0) is 35.9 Å². The number of carbonyl (C=O) groups is 1. The normalized spacial score (nSPS) is 10.6. The lowest BCUT2D eigenvalue weighted by Crippen LogP contribution is -2.12. The van der Waals surface area contributed by atoms with Crippen LogP contribution < -0.4 is 24.3 Å². The third-order valence-electron chi connectivity index (χ3n) is 6.84. The Morgan fingerprint density at radius 2 is 1.51 bits per heavy atom. The zero-order valence-corrected chi connectivity index (χ0v) is 26.8. The number of methoxy groups -OCH3 is 4. The SMILES string of the molecule is COc1ccccc1-c1csc(NC(=O)CCSc2nc(-c3ccccc3)cc(-c3cc(OC)c(OC)c(OC)c3)c2C#N)n1. The summed E-state index contributed by atoms with van der Waals surface area (Å²) < 4.78 is 22.1. The standard InChI is InChI=1S/C34H30N4O5S2/c1-40-28-13-9-8-12-23(28)27-20-45-34(37-27)38-31(39)14-15-44-33-25(19-35)24(18-26(36-33)21-10-6-5-7-11-21)22-16-29(41-2)32(43-4)30(17-22)42-3/h5-13,16-18,20H,14-15H2,1-4H3,(H,37,38,39). The molecule has 0 saturated carbocycles. The summed E-state index contributed by atoms with van der Waals surface area (Å²) in [5.41, 5.74) is 4.90. The van der Waals surface area contributed by atoms with Crippen molar-refractivity contribution < 1.29 is 23.7 Å². The van der Waals surface area contributed by atoms with Crippen LogP contribution in [0.25, 0.3) is 33.6 Å². The molecule has 0 unspecified atom stereocenters. The summed E-state index contributed by atoms with van der Waals surface area (Å²) in [6.45, 7) is 0. The molecule has 9 nitrogen and oxygen atoms in total. The van der Waals surface area contributed by atoms with Gasteiger partial charge in [-0.15, -0.1) is 23.1 Å². The van der Waals surface area contributed by atoms with Crippen LogP contribution in [0.3, 0.4) is 0 Å². The minimum Gasteiger partial charge on any atom is -0.496 e. The number of pyridine rings is 1. The van der Waals surface area contributed by atoms with Gasteiger partial charge in [-0.25, -0.2) is 9.97 Å². The van der Waals surface area contributed by atoms with Gasteiger partial charge in [0.25, 0.3) is 0 Å². The van der Waals surface area contributed by atoms with E-state index in [1.165, 1.54) is 23.1 Å².